The molecule has 5 heteroatoms. The van der Waals surface area contributed by atoms with Gasteiger partial charge in [0.15, 0.2) is 0 Å². The molecule has 1 saturated heterocycles. The van der Waals surface area contributed by atoms with Crippen LogP contribution in [0.1, 0.15) is 30.5 Å². The molecule has 0 amide bonds. The normalized spacial score (nSPS) is 15.5. The summed E-state index contributed by atoms with van der Waals surface area (Å²) in [6.07, 6.45) is 5.84. The van der Waals surface area contributed by atoms with Crippen LogP contribution in [0.4, 0.5) is 5.82 Å². The highest BCUT2D eigenvalue weighted by molar-refractivity contribution is 7.07. The lowest BCUT2D eigenvalue weighted by Crippen LogP contribution is -2.30. The van der Waals surface area contributed by atoms with Gasteiger partial charge in [-0.2, -0.15) is 0 Å². The molecule has 1 N–H and O–H groups in total. The van der Waals surface area contributed by atoms with Crippen molar-refractivity contribution in [1.82, 2.24) is 15.3 Å². The van der Waals surface area contributed by atoms with E-state index < -0.39 is 0 Å². The van der Waals surface area contributed by atoms with E-state index in [0.29, 0.717) is 0 Å². The van der Waals surface area contributed by atoms with Crippen molar-refractivity contribution in [3.05, 3.63) is 40.5 Å². The maximum atomic E-state index is 4.51. The highest BCUT2D eigenvalue weighted by Gasteiger charge is 2.12. The minimum Gasteiger partial charge on any atom is -0.357 e. The zero-order chi connectivity index (χ0) is 13.6. The van der Waals surface area contributed by atoms with E-state index >= 15 is 0 Å². The predicted molar refractivity (Wildman–Crippen MR) is 83.0 cm³/mol. The Morgan fingerprint density at radius 1 is 1.15 bits per heavy atom. The number of aromatic nitrogens is 2. The fourth-order valence-electron chi connectivity index (χ4n) is 2.53. The molecule has 0 radical (unpaired) electrons. The van der Waals surface area contributed by atoms with Crippen LogP contribution in [0.15, 0.2) is 29.2 Å². The van der Waals surface area contributed by atoms with Gasteiger partial charge in [0, 0.05) is 37.8 Å². The van der Waals surface area contributed by atoms with Crippen molar-refractivity contribution in [1.29, 1.82) is 0 Å². The highest BCUT2D eigenvalue weighted by Crippen LogP contribution is 2.18. The summed E-state index contributed by atoms with van der Waals surface area (Å²) in [5, 5.41) is 5.51. The van der Waals surface area contributed by atoms with Gasteiger partial charge in [0.2, 0.25) is 0 Å². The SMILES string of the molecule is c1cc(CNCc2cscn2)cc(N2CCCCC2)n1. The van der Waals surface area contributed by atoms with Crippen molar-refractivity contribution < 1.29 is 0 Å². The highest BCUT2D eigenvalue weighted by atomic mass is 32.1. The lowest BCUT2D eigenvalue weighted by Gasteiger charge is -2.27. The molecule has 0 unspecified atom stereocenters. The lowest BCUT2D eigenvalue weighted by molar-refractivity contribution is 0.573. The summed E-state index contributed by atoms with van der Waals surface area (Å²) in [7, 11) is 0. The number of hydrogen-bond acceptors (Lipinski definition) is 5. The van der Waals surface area contributed by atoms with Gasteiger partial charge in [0.1, 0.15) is 5.82 Å². The van der Waals surface area contributed by atoms with Crippen molar-refractivity contribution in [3.8, 4) is 0 Å². The molecule has 0 atom stereocenters. The molecule has 20 heavy (non-hydrogen) atoms. The Balaban J connectivity index is 1.56. The number of rotatable bonds is 5. The van der Waals surface area contributed by atoms with E-state index in [1.807, 2.05) is 11.7 Å². The first-order valence-corrected chi connectivity index (χ1v) is 8.14. The van der Waals surface area contributed by atoms with Gasteiger partial charge in [-0.15, -0.1) is 11.3 Å². The molecule has 106 valence electrons. The Bertz CT molecular complexity index is 520. The number of nitrogens with one attached hydrogen (secondary N) is 1. The number of piperidine rings is 1. The topological polar surface area (TPSA) is 41.1 Å². The fourth-order valence-corrected chi connectivity index (χ4v) is 3.08. The van der Waals surface area contributed by atoms with Crippen LogP contribution in [0.25, 0.3) is 0 Å². The van der Waals surface area contributed by atoms with E-state index in [1.54, 1.807) is 11.3 Å². The first kappa shape index (κ1) is 13.5. The van der Waals surface area contributed by atoms with E-state index in [-0.39, 0.29) is 0 Å². The van der Waals surface area contributed by atoms with E-state index in [4.69, 9.17) is 0 Å². The summed E-state index contributed by atoms with van der Waals surface area (Å²) in [5.74, 6) is 1.12. The number of thiazole rings is 1. The van der Waals surface area contributed by atoms with Crippen molar-refractivity contribution in [3.63, 3.8) is 0 Å². The maximum absolute atomic E-state index is 4.51. The van der Waals surface area contributed by atoms with Crippen LogP contribution < -0.4 is 10.2 Å². The summed E-state index contributed by atoms with van der Waals surface area (Å²) in [6.45, 7) is 3.97. The average molecular weight is 288 g/mol. The minimum atomic E-state index is 0.824. The van der Waals surface area contributed by atoms with Crippen LogP contribution in [0.2, 0.25) is 0 Å². The van der Waals surface area contributed by atoms with Crippen molar-refractivity contribution >= 4 is 17.2 Å². The molecule has 1 aliphatic heterocycles. The van der Waals surface area contributed by atoms with Crippen LogP contribution in [-0.4, -0.2) is 23.1 Å². The third kappa shape index (κ3) is 3.55. The molecular formula is C15H20N4S. The molecule has 0 aromatic carbocycles. The third-order valence-electron chi connectivity index (χ3n) is 3.61. The van der Waals surface area contributed by atoms with Gasteiger partial charge in [0.05, 0.1) is 11.2 Å². The molecule has 0 aliphatic carbocycles. The largest absolute Gasteiger partial charge is 0.357 e. The Hall–Kier alpha value is -1.46. The van der Waals surface area contributed by atoms with Crippen LogP contribution in [0.5, 0.6) is 0 Å². The van der Waals surface area contributed by atoms with Crippen LogP contribution >= 0.6 is 11.3 Å². The molecule has 0 bridgehead atoms. The first-order valence-electron chi connectivity index (χ1n) is 7.19. The maximum Gasteiger partial charge on any atom is 0.128 e. The standard InChI is InChI=1S/C15H20N4S/c1-2-6-19(7-3-1)15-8-13(4-5-17-15)9-16-10-14-11-20-12-18-14/h4-5,8,11-12,16H,1-3,6-7,9-10H2. The lowest BCUT2D eigenvalue weighted by atomic mass is 10.1. The summed E-state index contributed by atoms with van der Waals surface area (Å²) in [4.78, 5) is 11.2. The van der Waals surface area contributed by atoms with Gasteiger partial charge >= 0.3 is 0 Å². The second-order valence-electron chi connectivity index (χ2n) is 5.15. The van der Waals surface area contributed by atoms with Gasteiger partial charge in [-0.1, -0.05) is 0 Å². The van der Waals surface area contributed by atoms with Gasteiger partial charge < -0.3 is 10.2 Å². The Morgan fingerprint density at radius 2 is 2.05 bits per heavy atom. The molecule has 0 spiro atoms. The van der Waals surface area contributed by atoms with E-state index in [0.717, 1.165) is 37.7 Å². The van der Waals surface area contributed by atoms with Gasteiger partial charge in [0.25, 0.3) is 0 Å². The van der Waals surface area contributed by atoms with Gasteiger partial charge in [-0.05, 0) is 37.0 Å². The Morgan fingerprint density at radius 3 is 2.85 bits per heavy atom. The molecular weight excluding hydrogens is 268 g/mol. The number of pyridine rings is 1. The van der Waals surface area contributed by atoms with E-state index in [9.17, 15) is 0 Å². The van der Waals surface area contributed by atoms with Crippen LogP contribution in [0.3, 0.4) is 0 Å². The molecule has 0 saturated carbocycles. The molecule has 1 aliphatic rings. The molecule has 3 rings (SSSR count). The summed E-state index contributed by atoms with van der Waals surface area (Å²) >= 11 is 1.64. The van der Waals surface area contributed by atoms with Gasteiger partial charge in [-0.25, -0.2) is 9.97 Å². The Kier molecular flexibility index (Phi) is 4.61. The monoisotopic (exact) mass is 288 g/mol. The molecule has 2 aromatic rings. The smallest absolute Gasteiger partial charge is 0.128 e. The zero-order valence-electron chi connectivity index (χ0n) is 11.6. The van der Waals surface area contributed by atoms with Crippen LogP contribution in [-0.2, 0) is 13.1 Å². The number of anilines is 1. The number of nitrogens with zero attached hydrogens (tertiary/aromatic N) is 3. The number of hydrogen-bond donors (Lipinski definition) is 1. The summed E-state index contributed by atoms with van der Waals surface area (Å²) < 4.78 is 0. The van der Waals surface area contributed by atoms with Crippen molar-refractivity contribution in [2.24, 2.45) is 0 Å². The van der Waals surface area contributed by atoms with Crippen molar-refractivity contribution in [2.75, 3.05) is 18.0 Å². The zero-order valence-corrected chi connectivity index (χ0v) is 12.4. The predicted octanol–water partition coefficient (Wildman–Crippen LogP) is 2.82. The van der Waals surface area contributed by atoms with Crippen LogP contribution in [0, 0.1) is 0 Å². The fraction of sp³-hybridized carbons (Fsp3) is 0.467. The molecule has 4 nitrogen and oxygen atoms in total. The van der Waals surface area contributed by atoms with Gasteiger partial charge in [-0.3, -0.25) is 0 Å². The first-order chi connectivity index (χ1) is 9.92. The third-order valence-corrected chi connectivity index (χ3v) is 4.24. The average Bonchev–Trinajstić information content (AvgIpc) is 3.02. The summed E-state index contributed by atoms with van der Waals surface area (Å²) in [6, 6.07) is 4.29. The molecule has 3 heterocycles. The van der Waals surface area contributed by atoms with E-state index in [2.05, 4.69) is 37.7 Å². The minimum absolute atomic E-state index is 0.824. The quantitative estimate of drug-likeness (QED) is 0.918. The van der Waals surface area contributed by atoms with Crippen molar-refractivity contribution in [2.45, 2.75) is 32.4 Å². The molecule has 2 aromatic heterocycles. The Labute approximate surface area is 123 Å². The molecule has 1 fully saturated rings. The second kappa shape index (κ2) is 6.81. The van der Waals surface area contributed by atoms with E-state index in [1.165, 1.54) is 24.8 Å². The summed E-state index contributed by atoms with van der Waals surface area (Å²) in [5.41, 5.74) is 4.27. The second-order valence-corrected chi connectivity index (χ2v) is 5.87.